The first-order chi connectivity index (χ1) is 9.69. The molecule has 0 aliphatic heterocycles. The van der Waals surface area contributed by atoms with Crippen LogP contribution in [0.2, 0.25) is 10.8 Å². The molecule has 0 amide bonds. The SMILES string of the molecule is O=[N+]([O-])c1cc2cccnc2c2ncccc12.[CH3][Pd][CH3]. The summed E-state index contributed by atoms with van der Waals surface area (Å²) in [7, 11) is 0. The van der Waals surface area contributed by atoms with Gasteiger partial charge in [0.2, 0.25) is 0 Å². The maximum atomic E-state index is 11.0. The van der Waals surface area contributed by atoms with Crippen LogP contribution in [0.15, 0.2) is 42.7 Å². The summed E-state index contributed by atoms with van der Waals surface area (Å²) in [5, 5.41) is 16.6. The molecule has 3 rings (SSSR count). The van der Waals surface area contributed by atoms with Crippen molar-refractivity contribution >= 4 is 27.5 Å². The van der Waals surface area contributed by atoms with Gasteiger partial charge >= 0.3 is 28.8 Å². The number of rotatable bonds is 1. The molecule has 1 aromatic carbocycles. The van der Waals surface area contributed by atoms with Crippen molar-refractivity contribution in [2.45, 2.75) is 10.8 Å². The predicted octanol–water partition coefficient (Wildman–Crippen LogP) is 3.86. The number of fused-ring (bicyclic) bond motifs is 3. The van der Waals surface area contributed by atoms with Gasteiger partial charge in [-0.15, -0.1) is 0 Å². The number of benzene rings is 1. The van der Waals surface area contributed by atoms with Crippen LogP contribution in [0.3, 0.4) is 0 Å². The molecule has 0 aliphatic carbocycles. The molecule has 2 heterocycles. The fourth-order valence-corrected chi connectivity index (χ4v) is 1.91. The summed E-state index contributed by atoms with van der Waals surface area (Å²) in [6.07, 6.45) is 3.27. The molecule has 106 valence electrons. The van der Waals surface area contributed by atoms with Gasteiger partial charge in [0, 0.05) is 23.8 Å². The van der Waals surface area contributed by atoms with Gasteiger partial charge in [0.05, 0.1) is 15.8 Å². The third kappa shape index (κ3) is 2.82. The molecule has 5 nitrogen and oxygen atoms in total. The van der Waals surface area contributed by atoms with Crippen molar-refractivity contribution in [1.82, 2.24) is 9.97 Å². The van der Waals surface area contributed by atoms with Gasteiger partial charge in [-0.2, -0.15) is 0 Å². The van der Waals surface area contributed by atoms with Gasteiger partial charge in [0.25, 0.3) is 5.69 Å². The molecular weight excluding hydrogens is 349 g/mol. The molecule has 20 heavy (non-hydrogen) atoms. The topological polar surface area (TPSA) is 68.9 Å². The second kappa shape index (κ2) is 6.51. The number of pyridine rings is 2. The van der Waals surface area contributed by atoms with E-state index in [1.165, 1.54) is 6.07 Å². The first kappa shape index (κ1) is 14.5. The Hall–Kier alpha value is -1.90. The van der Waals surface area contributed by atoms with E-state index >= 15 is 0 Å². The zero-order chi connectivity index (χ0) is 14.5. The average molecular weight is 362 g/mol. The Morgan fingerprint density at radius 1 is 1.10 bits per heavy atom. The number of aromatic nitrogens is 2. The molecule has 2 aromatic heterocycles. The fourth-order valence-electron chi connectivity index (χ4n) is 1.91. The minimum absolute atomic E-state index is 0.0635. The van der Waals surface area contributed by atoms with Crippen LogP contribution in [0.4, 0.5) is 5.69 Å². The molecule has 6 heteroatoms. The maximum absolute atomic E-state index is 11.0. The van der Waals surface area contributed by atoms with Gasteiger partial charge in [0.15, 0.2) is 0 Å². The number of non-ortho nitro benzene ring substituents is 1. The zero-order valence-corrected chi connectivity index (χ0v) is 12.6. The Kier molecular flexibility index (Phi) is 4.72. The van der Waals surface area contributed by atoms with Gasteiger partial charge < -0.3 is 0 Å². The molecule has 0 spiro atoms. The van der Waals surface area contributed by atoms with Crippen molar-refractivity contribution in [3.63, 3.8) is 0 Å². The van der Waals surface area contributed by atoms with Crippen molar-refractivity contribution in [3.05, 3.63) is 52.8 Å². The Labute approximate surface area is 124 Å². The predicted molar refractivity (Wildman–Crippen MR) is 75.4 cm³/mol. The van der Waals surface area contributed by atoms with Crippen LogP contribution in [-0.4, -0.2) is 14.9 Å². The number of nitro benzene ring substituents is 1. The zero-order valence-electron chi connectivity index (χ0n) is 11.0. The molecule has 0 aliphatic rings. The van der Waals surface area contributed by atoms with Crippen LogP contribution in [0, 0.1) is 10.1 Å². The van der Waals surface area contributed by atoms with Crippen LogP contribution in [0.25, 0.3) is 21.8 Å². The van der Waals surface area contributed by atoms with Crippen molar-refractivity contribution < 1.29 is 22.9 Å². The van der Waals surface area contributed by atoms with Crippen molar-refractivity contribution in [1.29, 1.82) is 0 Å². The summed E-state index contributed by atoms with van der Waals surface area (Å²) in [6.45, 7) is 0. The Balaban J connectivity index is 0.000000452. The van der Waals surface area contributed by atoms with E-state index in [2.05, 4.69) is 20.8 Å². The van der Waals surface area contributed by atoms with Crippen LogP contribution in [-0.2, 0) is 18.0 Å². The van der Waals surface area contributed by atoms with E-state index in [-0.39, 0.29) is 5.69 Å². The molecule has 3 aromatic rings. The summed E-state index contributed by atoms with van der Waals surface area (Å²) in [6, 6.07) is 8.45. The van der Waals surface area contributed by atoms with E-state index in [4.69, 9.17) is 0 Å². The average Bonchev–Trinajstić information content (AvgIpc) is 2.47. The first-order valence-electron chi connectivity index (χ1n) is 5.67. The van der Waals surface area contributed by atoms with Gasteiger partial charge in [-0.3, -0.25) is 20.1 Å². The normalized spacial score (nSPS) is 10.3. The third-order valence-corrected chi connectivity index (χ3v) is 2.64. The molecule has 0 N–H and O–H groups in total. The van der Waals surface area contributed by atoms with Crippen molar-refractivity contribution in [3.8, 4) is 0 Å². The molecule has 0 radical (unpaired) electrons. The van der Waals surface area contributed by atoms with Crippen LogP contribution >= 0.6 is 0 Å². The molecule has 0 unspecified atom stereocenters. The number of hydrogen-bond donors (Lipinski definition) is 0. The standard InChI is InChI=1S/C12H7N3O2.2CH3.Pd/c16-15(17)10-7-8-3-1-5-13-11(8)12-9(10)4-2-6-14-12;;;/h1-7H;2*1H3;. The Morgan fingerprint density at radius 2 is 1.70 bits per heavy atom. The van der Waals surface area contributed by atoms with E-state index in [0.717, 1.165) is 23.4 Å². The molecule has 0 saturated heterocycles. The summed E-state index contributed by atoms with van der Waals surface area (Å²) in [5.41, 5.74) is 1.32. The molecular formula is C14H13N3O2Pd. The Bertz CT molecular complexity index is 762. The van der Waals surface area contributed by atoms with E-state index < -0.39 is 4.92 Å². The summed E-state index contributed by atoms with van der Waals surface area (Å²) in [5.74, 6) is 0. The third-order valence-electron chi connectivity index (χ3n) is 2.64. The monoisotopic (exact) mass is 361 g/mol. The van der Waals surface area contributed by atoms with Crippen molar-refractivity contribution in [2.24, 2.45) is 0 Å². The minimum atomic E-state index is -0.392. The van der Waals surface area contributed by atoms with E-state index in [9.17, 15) is 10.1 Å². The van der Waals surface area contributed by atoms with Gasteiger partial charge in [-0.25, -0.2) is 0 Å². The van der Waals surface area contributed by atoms with Crippen molar-refractivity contribution in [2.75, 3.05) is 0 Å². The molecule has 0 atom stereocenters. The molecule has 0 fully saturated rings. The van der Waals surface area contributed by atoms with E-state index in [1.54, 1.807) is 36.7 Å². The van der Waals surface area contributed by atoms with Crippen LogP contribution < -0.4 is 0 Å². The van der Waals surface area contributed by atoms with E-state index in [1.807, 2.05) is 0 Å². The van der Waals surface area contributed by atoms with Crippen LogP contribution in [0.1, 0.15) is 0 Å². The number of nitro groups is 1. The van der Waals surface area contributed by atoms with Gasteiger partial charge in [-0.1, -0.05) is 6.07 Å². The number of nitrogens with zero attached hydrogens (tertiary/aromatic N) is 3. The quantitative estimate of drug-likeness (QED) is 0.286. The second-order valence-corrected chi connectivity index (χ2v) is 5.50. The summed E-state index contributed by atoms with van der Waals surface area (Å²) in [4.78, 5) is 19.0. The van der Waals surface area contributed by atoms with Gasteiger partial charge in [-0.05, 0) is 18.2 Å². The summed E-state index contributed by atoms with van der Waals surface area (Å²) >= 11 is 0.950. The Morgan fingerprint density at radius 3 is 2.35 bits per heavy atom. The summed E-state index contributed by atoms with van der Waals surface area (Å²) < 4.78 is 0. The molecule has 0 bridgehead atoms. The van der Waals surface area contributed by atoms with Gasteiger partial charge in [0.1, 0.15) is 5.52 Å². The second-order valence-electron chi connectivity index (χ2n) is 3.94. The molecule has 0 saturated carbocycles. The fraction of sp³-hybridized carbons (Fsp3) is 0.143. The van der Waals surface area contributed by atoms with Crippen LogP contribution in [0.5, 0.6) is 0 Å². The van der Waals surface area contributed by atoms with E-state index in [0.29, 0.717) is 16.4 Å². The number of hydrogen-bond acceptors (Lipinski definition) is 4. The first-order valence-corrected chi connectivity index (χ1v) is 8.78.